The lowest BCUT2D eigenvalue weighted by Gasteiger charge is -2.36. The first-order chi connectivity index (χ1) is 9.13. The first-order valence-corrected chi connectivity index (χ1v) is 7.24. The van der Waals surface area contributed by atoms with E-state index < -0.39 is 0 Å². The third kappa shape index (κ3) is 2.52. The molecule has 0 bridgehead atoms. The van der Waals surface area contributed by atoms with E-state index in [-0.39, 0.29) is 12.0 Å². The van der Waals surface area contributed by atoms with Gasteiger partial charge in [0.15, 0.2) is 0 Å². The van der Waals surface area contributed by atoms with Crippen LogP contribution in [0.2, 0.25) is 0 Å². The maximum absolute atomic E-state index is 12.6. The van der Waals surface area contributed by atoms with Crippen molar-refractivity contribution in [3.8, 4) is 0 Å². The molecule has 1 aromatic carbocycles. The van der Waals surface area contributed by atoms with Crippen molar-refractivity contribution in [2.45, 2.75) is 32.2 Å². The molecule has 19 heavy (non-hydrogen) atoms. The molecule has 2 unspecified atom stereocenters. The summed E-state index contributed by atoms with van der Waals surface area (Å²) >= 11 is 0. The summed E-state index contributed by atoms with van der Waals surface area (Å²) in [6, 6.07) is 8.56. The van der Waals surface area contributed by atoms with E-state index in [2.05, 4.69) is 31.2 Å². The number of amides is 1. The number of likely N-dealkylation sites (tertiary alicyclic amines) is 1. The summed E-state index contributed by atoms with van der Waals surface area (Å²) in [5, 5.41) is 0. The molecule has 0 radical (unpaired) electrons. The topological polar surface area (TPSA) is 46.3 Å². The van der Waals surface area contributed by atoms with Gasteiger partial charge in [0.2, 0.25) is 5.91 Å². The van der Waals surface area contributed by atoms with Crippen LogP contribution in [0.5, 0.6) is 0 Å². The van der Waals surface area contributed by atoms with E-state index in [0.717, 1.165) is 32.4 Å². The van der Waals surface area contributed by atoms with Gasteiger partial charge in [-0.3, -0.25) is 4.79 Å². The fraction of sp³-hybridized carbons (Fsp3) is 0.562. The molecule has 1 heterocycles. The van der Waals surface area contributed by atoms with Gasteiger partial charge in [-0.1, -0.05) is 31.2 Å². The largest absolute Gasteiger partial charge is 0.341 e. The molecule has 1 amide bonds. The highest BCUT2D eigenvalue weighted by Gasteiger charge is 2.33. The Labute approximate surface area is 114 Å². The van der Waals surface area contributed by atoms with Crippen LogP contribution < -0.4 is 5.73 Å². The number of piperidine rings is 1. The van der Waals surface area contributed by atoms with Gasteiger partial charge in [-0.05, 0) is 36.3 Å². The van der Waals surface area contributed by atoms with Gasteiger partial charge < -0.3 is 10.6 Å². The second-order valence-corrected chi connectivity index (χ2v) is 6.22. The summed E-state index contributed by atoms with van der Waals surface area (Å²) in [6.45, 7) is 3.79. The first-order valence-electron chi connectivity index (χ1n) is 7.24. The van der Waals surface area contributed by atoms with Gasteiger partial charge in [0, 0.05) is 25.0 Å². The predicted molar refractivity (Wildman–Crippen MR) is 75.7 cm³/mol. The summed E-state index contributed by atoms with van der Waals surface area (Å²) in [7, 11) is 0. The summed E-state index contributed by atoms with van der Waals surface area (Å²) in [5.74, 6) is 0.963. The molecule has 1 fully saturated rings. The van der Waals surface area contributed by atoms with Crippen LogP contribution in [0, 0.1) is 11.8 Å². The van der Waals surface area contributed by atoms with Gasteiger partial charge in [0.1, 0.15) is 0 Å². The second-order valence-electron chi connectivity index (χ2n) is 6.22. The third-order valence-electron chi connectivity index (χ3n) is 4.40. The normalized spacial score (nSPS) is 27.4. The SMILES string of the molecule is CC1CC(N)CN(C(=O)C2Cc3ccccc3C2)C1. The number of hydrogen-bond acceptors (Lipinski definition) is 2. The van der Waals surface area contributed by atoms with Crippen LogP contribution >= 0.6 is 0 Å². The quantitative estimate of drug-likeness (QED) is 0.831. The summed E-state index contributed by atoms with van der Waals surface area (Å²) in [5.41, 5.74) is 8.73. The van der Waals surface area contributed by atoms with Gasteiger partial charge in [-0.25, -0.2) is 0 Å². The monoisotopic (exact) mass is 258 g/mol. The zero-order valence-electron chi connectivity index (χ0n) is 11.5. The smallest absolute Gasteiger partial charge is 0.226 e. The van der Waals surface area contributed by atoms with Crippen molar-refractivity contribution >= 4 is 5.91 Å². The molecule has 2 atom stereocenters. The highest BCUT2D eigenvalue weighted by Crippen LogP contribution is 2.29. The van der Waals surface area contributed by atoms with Gasteiger partial charge >= 0.3 is 0 Å². The van der Waals surface area contributed by atoms with E-state index in [1.807, 2.05) is 4.90 Å². The lowest BCUT2D eigenvalue weighted by Crippen LogP contribution is -2.50. The number of hydrogen-bond donors (Lipinski definition) is 1. The minimum Gasteiger partial charge on any atom is -0.341 e. The van der Waals surface area contributed by atoms with E-state index in [0.29, 0.717) is 11.8 Å². The Kier molecular flexibility index (Phi) is 3.31. The van der Waals surface area contributed by atoms with Crippen LogP contribution in [0.3, 0.4) is 0 Å². The Morgan fingerprint density at radius 3 is 2.42 bits per heavy atom. The van der Waals surface area contributed by atoms with E-state index in [4.69, 9.17) is 5.73 Å². The van der Waals surface area contributed by atoms with Crippen molar-refractivity contribution in [1.29, 1.82) is 0 Å². The Morgan fingerprint density at radius 2 is 1.84 bits per heavy atom. The number of benzene rings is 1. The number of fused-ring (bicyclic) bond motifs is 1. The molecule has 3 heteroatoms. The minimum absolute atomic E-state index is 0.134. The number of rotatable bonds is 1. The highest BCUT2D eigenvalue weighted by atomic mass is 16.2. The fourth-order valence-electron chi connectivity index (χ4n) is 3.57. The predicted octanol–water partition coefficient (Wildman–Crippen LogP) is 1.60. The molecule has 1 saturated heterocycles. The van der Waals surface area contributed by atoms with Crippen LogP contribution in [0.4, 0.5) is 0 Å². The van der Waals surface area contributed by atoms with Crippen molar-refractivity contribution in [3.63, 3.8) is 0 Å². The fourth-order valence-corrected chi connectivity index (χ4v) is 3.57. The molecule has 0 aromatic heterocycles. The molecule has 0 spiro atoms. The molecule has 102 valence electrons. The Balaban J connectivity index is 1.69. The Bertz CT molecular complexity index is 450. The number of carbonyl (C=O) groups excluding carboxylic acids is 1. The van der Waals surface area contributed by atoms with Crippen LogP contribution in [0.25, 0.3) is 0 Å². The molecule has 0 saturated carbocycles. The molecular formula is C16H22N2O. The average molecular weight is 258 g/mol. The van der Waals surface area contributed by atoms with Crippen molar-refractivity contribution in [2.24, 2.45) is 17.6 Å². The van der Waals surface area contributed by atoms with Crippen molar-refractivity contribution < 1.29 is 4.79 Å². The second kappa shape index (κ2) is 4.97. The van der Waals surface area contributed by atoms with Gasteiger partial charge in [0.25, 0.3) is 0 Å². The molecule has 1 aliphatic heterocycles. The molecule has 2 aliphatic rings. The Morgan fingerprint density at radius 1 is 1.21 bits per heavy atom. The first kappa shape index (κ1) is 12.7. The van der Waals surface area contributed by atoms with Crippen LogP contribution in [-0.4, -0.2) is 29.9 Å². The van der Waals surface area contributed by atoms with Crippen LogP contribution in [0.1, 0.15) is 24.5 Å². The standard InChI is InChI=1S/C16H22N2O/c1-11-6-15(17)10-18(9-11)16(19)14-7-12-4-2-3-5-13(12)8-14/h2-5,11,14-15H,6-10,17H2,1H3. The molecular weight excluding hydrogens is 236 g/mol. The average Bonchev–Trinajstić information content (AvgIpc) is 2.80. The zero-order valence-corrected chi connectivity index (χ0v) is 11.5. The minimum atomic E-state index is 0.134. The van der Waals surface area contributed by atoms with E-state index in [9.17, 15) is 4.79 Å². The summed E-state index contributed by atoms with van der Waals surface area (Å²) in [4.78, 5) is 14.6. The van der Waals surface area contributed by atoms with Crippen molar-refractivity contribution in [2.75, 3.05) is 13.1 Å². The van der Waals surface area contributed by atoms with Gasteiger partial charge in [-0.15, -0.1) is 0 Å². The molecule has 1 aromatic rings. The van der Waals surface area contributed by atoms with Crippen molar-refractivity contribution in [3.05, 3.63) is 35.4 Å². The lowest BCUT2D eigenvalue weighted by atomic mass is 9.94. The van der Waals surface area contributed by atoms with Gasteiger partial charge in [0.05, 0.1) is 0 Å². The zero-order chi connectivity index (χ0) is 13.4. The molecule has 3 nitrogen and oxygen atoms in total. The van der Waals surface area contributed by atoms with Gasteiger partial charge in [-0.2, -0.15) is 0 Å². The maximum Gasteiger partial charge on any atom is 0.226 e. The third-order valence-corrected chi connectivity index (χ3v) is 4.40. The van der Waals surface area contributed by atoms with E-state index in [1.165, 1.54) is 11.1 Å². The number of carbonyl (C=O) groups is 1. The Hall–Kier alpha value is -1.35. The van der Waals surface area contributed by atoms with Crippen molar-refractivity contribution in [1.82, 2.24) is 4.90 Å². The molecule has 3 rings (SSSR count). The van der Waals surface area contributed by atoms with Crippen LogP contribution in [-0.2, 0) is 17.6 Å². The van der Waals surface area contributed by atoms with Crippen LogP contribution in [0.15, 0.2) is 24.3 Å². The number of nitrogens with zero attached hydrogens (tertiary/aromatic N) is 1. The van der Waals surface area contributed by atoms with E-state index >= 15 is 0 Å². The maximum atomic E-state index is 12.6. The summed E-state index contributed by atoms with van der Waals surface area (Å²) in [6.07, 6.45) is 2.83. The number of nitrogens with two attached hydrogens (primary N) is 1. The highest BCUT2D eigenvalue weighted by molar-refractivity contribution is 5.80. The molecule has 2 N–H and O–H groups in total. The van der Waals surface area contributed by atoms with E-state index in [1.54, 1.807) is 0 Å². The summed E-state index contributed by atoms with van der Waals surface area (Å²) < 4.78 is 0. The molecule has 1 aliphatic carbocycles. The lowest BCUT2D eigenvalue weighted by molar-refractivity contribution is -0.137.